The number of likely N-dealkylation sites (N-methyl/N-ethyl adjacent to an activating group) is 1. The number of aromatic nitrogens is 3. The van der Waals surface area contributed by atoms with E-state index in [1.54, 1.807) is 17.3 Å². The fourth-order valence-corrected chi connectivity index (χ4v) is 2.55. The molecular weight excluding hydrogens is 328 g/mol. The first kappa shape index (κ1) is 17.8. The maximum atomic E-state index is 12.3. The summed E-state index contributed by atoms with van der Waals surface area (Å²) in [6, 6.07) is 11.9. The van der Waals surface area contributed by atoms with Gasteiger partial charge in [0.2, 0.25) is 17.6 Å². The summed E-state index contributed by atoms with van der Waals surface area (Å²) >= 11 is 0. The van der Waals surface area contributed by atoms with Crippen molar-refractivity contribution in [3.8, 4) is 11.4 Å². The van der Waals surface area contributed by atoms with Gasteiger partial charge in [0.25, 0.3) is 0 Å². The molecule has 0 aliphatic heterocycles. The van der Waals surface area contributed by atoms with E-state index in [2.05, 4.69) is 15.1 Å². The van der Waals surface area contributed by atoms with Crippen molar-refractivity contribution in [2.24, 2.45) is 0 Å². The Labute approximate surface area is 152 Å². The highest BCUT2D eigenvalue weighted by molar-refractivity contribution is 5.76. The lowest BCUT2D eigenvalue weighted by Gasteiger charge is -2.16. The second-order valence-electron chi connectivity index (χ2n) is 6.30. The normalized spacial score (nSPS) is 10.7. The monoisotopic (exact) mass is 350 g/mol. The molecule has 0 aliphatic rings. The van der Waals surface area contributed by atoms with Gasteiger partial charge < -0.3 is 9.42 Å². The molecule has 0 saturated carbocycles. The predicted molar refractivity (Wildman–Crippen MR) is 98.4 cm³/mol. The highest BCUT2D eigenvalue weighted by Crippen LogP contribution is 2.17. The minimum Gasteiger partial charge on any atom is -0.345 e. The van der Waals surface area contributed by atoms with Gasteiger partial charge in [-0.1, -0.05) is 35.0 Å². The molecule has 26 heavy (non-hydrogen) atoms. The quantitative estimate of drug-likeness (QED) is 0.655. The van der Waals surface area contributed by atoms with Crippen LogP contribution < -0.4 is 0 Å². The van der Waals surface area contributed by atoms with Gasteiger partial charge in [0, 0.05) is 44.4 Å². The van der Waals surface area contributed by atoms with Crippen LogP contribution in [0.4, 0.5) is 0 Å². The number of carbonyl (C=O) groups excluding carboxylic acids is 1. The average molecular weight is 350 g/mol. The molecule has 3 aromatic rings. The molecule has 2 aromatic heterocycles. The van der Waals surface area contributed by atoms with Crippen LogP contribution in [0.5, 0.6) is 0 Å². The van der Waals surface area contributed by atoms with Crippen LogP contribution >= 0.6 is 0 Å². The third-order valence-electron chi connectivity index (χ3n) is 4.24. The summed E-state index contributed by atoms with van der Waals surface area (Å²) in [5, 5.41) is 4.00. The molecule has 0 unspecified atom stereocenters. The summed E-state index contributed by atoms with van der Waals surface area (Å²) in [7, 11) is 1.81. The zero-order chi connectivity index (χ0) is 18.4. The standard InChI is InChI=1S/C20H22N4O2/c1-15-3-5-17(6-4-15)20-22-18(26-23-20)7-8-19(25)24(2)14-11-16-9-12-21-13-10-16/h3-6,9-10,12-13H,7-8,11,14H2,1-2H3. The van der Waals surface area contributed by atoms with Crippen LogP contribution in [0.15, 0.2) is 53.3 Å². The fraction of sp³-hybridized carbons (Fsp3) is 0.300. The summed E-state index contributed by atoms with van der Waals surface area (Å²) in [6.07, 6.45) is 5.12. The van der Waals surface area contributed by atoms with Crippen molar-refractivity contribution in [3.63, 3.8) is 0 Å². The van der Waals surface area contributed by atoms with E-state index in [0.29, 0.717) is 31.1 Å². The van der Waals surface area contributed by atoms with E-state index < -0.39 is 0 Å². The molecule has 0 saturated heterocycles. The van der Waals surface area contributed by atoms with Gasteiger partial charge in [0.05, 0.1) is 0 Å². The highest BCUT2D eigenvalue weighted by atomic mass is 16.5. The van der Waals surface area contributed by atoms with Gasteiger partial charge in [-0.15, -0.1) is 0 Å². The maximum Gasteiger partial charge on any atom is 0.227 e. The summed E-state index contributed by atoms with van der Waals surface area (Å²) < 4.78 is 5.27. The van der Waals surface area contributed by atoms with Crippen LogP contribution in [0, 0.1) is 6.92 Å². The minimum absolute atomic E-state index is 0.0640. The van der Waals surface area contributed by atoms with Crippen molar-refractivity contribution in [3.05, 3.63) is 65.8 Å². The largest absolute Gasteiger partial charge is 0.345 e. The van der Waals surface area contributed by atoms with E-state index in [1.165, 1.54) is 11.1 Å². The Morgan fingerprint density at radius 1 is 1.08 bits per heavy atom. The van der Waals surface area contributed by atoms with E-state index in [0.717, 1.165) is 12.0 Å². The smallest absolute Gasteiger partial charge is 0.227 e. The molecule has 3 rings (SSSR count). The number of pyridine rings is 1. The lowest BCUT2D eigenvalue weighted by Crippen LogP contribution is -2.29. The molecule has 0 radical (unpaired) electrons. The summed E-state index contributed by atoms with van der Waals surface area (Å²) in [6.45, 7) is 2.70. The van der Waals surface area contributed by atoms with E-state index in [4.69, 9.17) is 4.52 Å². The van der Waals surface area contributed by atoms with Gasteiger partial charge in [-0.2, -0.15) is 4.98 Å². The van der Waals surface area contributed by atoms with Crippen LogP contribution in [0.25, 0.3) is 11.4 Å². The van der Waals surface area contributed by atoms with Crippen molar-refractivity contribution in [2.75, 3.05) is 13.6 Å². The van der Waals surface area contributed by atoms with Crippen molar-refractivity contribution in [2.45, 2.75) is 26.2 Å². The van der Waals surface area contributed by atoms with E-state index >= 15 is 0 Å². The van der Waals surface area contributed by atoms with E-state index in [-0.39, 0.29) is 5.91 Å². The average Bonchev–Trinajstić information content (AvgIpc) is 3.14. The second kappa shape index (κ2) is 8.38. The topological polar surface area (TPSA) is 72.1 Å². The first-order chi connectivity index (χ1) is 12.6. The molecule has 6 heteroatoms. The number of hydrogen-bond donors (Lipinski definition) is 0. The van der Waals surface area contributed by atoms with Crippen LogP contribution in [0.2, 0.25) is 0 Å². The molecule has 0 fully saturated rings. The Kier molecular flexibility index (Phi) is 5.73. The zero-order valence-electron chi connectivity index (χ0n) is 15.1. The Hall–Kier alpha value is -3.02. The van der Waals surface area contributed by atoms with Gasteiger partial charge >= 0.3 is 0 Å². The number of benzene rings is 1. The third-order valence-corrected chi connectivity index (χ3v) is 4.24. The van der Waals surface area contributed by atoms with Gasteiger partial charge in [-0.25, -0.2) is 0 Å². The Morgan fingerprint density at radius 3 is 2.54 bits per heavy atom. The molecular formula is C20H22N4O2. The van der Waals surface area contributed by atoms with E-state index in [9.17, 15) is 4.79 Å². The number of carbonyl (C=O) groups is 1. The molecule has 0 bridgehead atoms. The predicted octanol–water partition coefficient (Wildman–Crippen LogP) is 3.07. The molecule has 2 heterocycles. The number of aryl methyl sites for hydroxylation is 2. The number of rotatable bonds is 7. The van der Waals surface area contributed by atoms with E-state index in [1.807, 2.05) is 50.4 Å². The molecule has 6 nitrogen and oxygen atoms in total. The maximum absolute atomic E-state index is 12.3. The molecule has 0 N–H and O–H groups in total. The van der Waals surface area contributed by atoms with Crippen LogP contribution in [0.3, 0.4) is 0 Å². The molecule has 1 aromatic carbocycles. The molecule has 0 atom stereocenters. The van der Waals surface area contributed by atoms with Crippen molar-refractivity contribution >= 4 is 5.91 Å². The Bertz CT molecular complexity index is 844. The molecule has 0 spiro atoms. The third kappa shape index (κ3) is 4.75. The van der Waals surface area contributed by atoms with Crippen LogP contribution in [-0.4, -0.2) is 39.5 Å². The van der Waals surface area contributed by atoms with Crippen molar-refractivity contribution in [1.82, 2.24) is 20.0 Å². The molecule has 1 amide bonds. The first-order valence-corrected chi connectivity index (χ1v) is 8.64. The lowest BCUT2D eigenvalue weighted by atomic mass is 10.1. The second-order valence-corrected chi connectivity index (χ2v) is 6.30. The number of amides is 1. The van der Waals surface area contributed by atoms with Gasteiger partial charge in [0.1, 0.15) is 0 Å². The Morgan fingerprint density at radius 2 is 1.81 bits per heavy atom. The lowest BCUT2D eigenvalue weighted by molar-refractivity contribution is -0.129. The fourth-order valence-electron chi connectivity index (χ4n) is 2.55. The number of nitrogens with zero attached hydrogens (tertiary/aromatic N) is 4. The van der Waals surface area contributed by atoms with Crippen molar-refractivity contribution in [1.29, 1.82) is 0 Å². The summed E-state index contributed by atoms with van der Waals surface area (Å²) in [4.78, 5) is 22.4. The molecule has 0 aliphatic carbocycles. The number of hydrogen-bond acceptors (Lipinski definition) is 5. The first-order valence-electron chi connectivity index (χ1n) is 8.64. The van der Waals surface area contributed by atoms with Gasteiger partial charge in [0.15, 0.2) is 0 Å². The minimum atomic E-state index is 0.0640. The summed E-state index contributed by atoms with van der Waals surface area (Å²) in [5.41, 5.74) is 3.25. The Balaban J connectivity index is 1.49. The van der Waals surface area contributed by atoms with Gasteiger partial charge in [-0.3, -0.25) is 9.78 Å². The van der Waals surface area contributed by atoms with Crippen LogP contribution in [-0.2, 0) is 17.6 Å². The summed E-state index contributed by atoms with van der Waals surface area (Å²) in [5.74, 6) is 1.10. The zero-order valence-corrected chi connectivity index (χ0v) is 15.1. The molecule has 134 valence electrons. The van der Waals surface area contributed by atoms with Crippen LogP contribution in [0.1, 0.15) is 23.4 Å². The SMILES string of the molecule is Cc1ccc(-c2noc(CCC(=O)N(C)CCc3ccncc3)n2)cc1. The van der Waals surface area contributed by atoms with Gasteiger partial charge in [-0.05, 0) is 31.0 Å². The van der Waals surface area contributed by atoms with Crippen molar-refractivity contribution < 1.29 is 9.32 Å². The highest BCUT2D eigenvalue weighted by Gasteiger charge is 2.13.